The van der Waals surface area contributed by atoms with Crippen LogP contribution in [0.4, 0.5) is 0 Å². The first-order valence-corrected chi connectivity index (χ1v) is 8.68. The molecule has 0 amide bonds. The summed E-state index contributed by atoms with van der Waals surface area (Å²) < 4.78 is 0. The maximum absolute atomic E-state index is 12.4. The normalized spacial score (nSPS) is 20.6. The summed E-state index contributed by atoms with van der Waals surface area (Å²) in [6, 6.07) is 6.81. The van der Waals surface area contributed by atoms with Gasteiger partial charge in [0.25, 0.3) is 0 Å². The Balaban J connectivity index is 1.78. The smallest absolute Gasteiger partial charge is 0.234 e. The molecule has 0 bridgehead atoms. The first kappa shape index (κ1) is 16.0. The van der Waals surface area contributed by atoms with Crippen molar-refractivity contribution < 1.29 is 14.7 Å². The van der Waals surface area contributed by atoms with Gasteiger partial charge in [-0.3, -0.25) is 9.59 Å². The molecule has 0 spiro atoms. The second kappa shape index (κ2) is 6.69. The number of allylic oxidation sites excluding steroid dienone is 1. The van der Waals surface area contributed by atoms with Gasteiger partial charge in [0.05, 0.1) is 0 Å². The van der Waals surface area contributed by atoms with Crippen LogP contribution in [0.25, 0.3) is 5.76 Å². The Morgan fingerprint density at radius 2 is 1.70 bits per heavy atom. The van der Waals surface area contributed by atoms with Crippen LogP contribution >= 0.6 is 0 Å². The third-order valence-electron chi connectivity index (χ3n) is 5.21. The Labute approximate surface area is 137 Å². The quantitative estimate of drug-likeness (QED) is 0.819. The molecule has 3 rings (SSSR count). The van der Waals surface area contributed by atoms with Crippen LogP contribution in [-0.2, 0) is 4.79 Å². The van der Waals surface area contributed by atoms with Crippen LogP contribution in [0.2, 0.25) is 0 Å². The van der Waals surface area contributed by atoms with Gasteiger partial charge in [0, 0.05) is 16.7 Å². The van der Waals surface area contributed by atoms with Gasteiger partial charge in [-0.25, -0.2) is 0 Å². The third kappa shape index (κ3) is 3.24. The number of hydrogen-bond donors (Lipinski definition) is 1. The highest BCUT2D eigenvalue weighted by Gasteiger charge is 2.33. The maximum atomic E-state index is 12.4. The van der Waals surface area contributed by atoms with Crippen molar-refractivity contribution in [3.8, 4) is 0 Å². The molecule has 2 aliphatic carbocycles. The monoisotopic (exact) mass is 312 g/mol. The van der Waals surface area contributed by atoms with E-state index in [1.54, 1.807) is 24.3 Å². The lowest BCUT2D eigenvalue weighted by molar-refractivity contribution is -0.112. The molecule has 2 aliphatic rings. The molecule has 0 aliphatic heterocycles. The molecule has 3 heteroatoms. The van der Waals surface area contributed by atoms with Crippen molar-refractivity contribution in [3.05, 3.63) is 41.0 Å². The molecule has 3 nitrogen and oxygen atoms in total. The first-order chi connectivity index (χ1) is 11.1. The van der Waals surface area contributed by atoms with E-state index in [9.17, 15) is 14.7 Å². The van der Waals surface area contributed by atoms with Crippen LogP contribution in [0.1, 0.15) is 67.8 Å². The van der Waals surface area contributed by atoms with Crippen molar-refractivity contribution in [1.82, 2.24) is 0 Å². The highest BCUT2D eigenvalue weighted by Crippen LogP contribution is 2.35. The highest BCUT2D eigenvalue weighted by molar-refractivity contribution is 6.52. The number of fused-ring (bicyclic) bond motifs is 1. The number of aliphatic hydroxyl groups is 1. The fourth-order valence-corrected chi connectivity index (χ4v) is 4.03. The summed E-state index contributed by atoms with van der Waals surface area (Å²) in [6.45, 7) is 2.12. The van der Waals surface area contributed by atoms with Crippen LogP contribution in [0.15, 0.2) is 29.8 Å². The molecule has 0 heterocycles. The van der Waals surface area contributed by atoms with Gasteiger partial charge in [0.15, 0.2) is 0 Å². The van der Waals surface area contributed by atoms with Crippen molar-refractivity contribution in [2.24, 2.45) is 11.8 Å². The summed E-state index contributed by atoms with van der Waals surface area (Å²) in [5.74, 6) is 0.0103. The minimum Gasteiger partial charge on any atom is -0.507 e. The number of rotatable bonds is 4. The van der Waals surface area contributed by atoms with Crippen LogP contribution in [0, 0.1) is 11.8 Å². The van der Waals surface area contributed by atoms with Crippen molar-refractivity contribution in [1.29, 1.82) is 0 Å². The Morgan fingerprint density at radius 1 is 1.04 bits per heavy atom. The molecule has 1 N–H and O–H groups in total. The Kier molecular flexibility index (Phi) is 4.65. The van der Waals surface area contributed by atoms with Crippen molar-refractivity contribution in [2.75, 3.05) is 0 Å². The Hall–Kier alpha value is -1.90. The zero-order valence-corrected chi connectivity index (χ0v) is 13.7. The zero-order chi connectivity index (χ0) is 16.4. The molecule has 1 atom stereocenters. The summed E-state index contributed by atoms with van der Waals surface area (Å²) in [4.78, 5) is 24.6. The van der Waals surface area contributed by atoms with Crippen molar-refractivity contribution in [2.45, 2.75) is 51.9 Å². The van der Waals surface area contributed by atoms with Gasteiger partial charge < -0.3 is 5.11 Å². The van der Waals surface area contributed by atoms with Gasteiger partial charge >= 0.3 is 0 Å². The number of hydrogen-bond acceptors (Lipinski definition) is 3. The lowest BCUT2D eigenvalue weighted by atomic mass is 9.79. The lowest BCUT2D eigenvalue weighted by Gasteiger charge is -2.26. The topological polar surface area (TPSA) is 54.4 Å². The van der Waals surface area contributed by atoms with E-state index < -0.39 is 11.6 Å². The fourth-order valence-electron chi connectivity index (χ4n) is 4.03. The molecule has 0 radical (unpaired) electrons. The Morgan fingerprint density at radius 3 is 2.39 bits per heavy atom. The van der Waals surface area contributed by atoms with Crippen LogP contribution in [0.5, 0.6) is 0 Å². The largest absolute Gasteiger partial charge is 0.507 e. The maximum Gasteiger partial charge on any atom is 0.234 e. The SMILES string of the molecule is C[C@@H](CC1=C(O)c2ccccc2C(=O)C1=O)CC1CCCCC1. The Bertz CT molecular complexity index is 651. The molecule has 0 unspecified atom stereocenters. The fraction of sp³-hybridized carbons (Fsp3) is 0.500. The molecule has 0 saturated heterocycles. The minimum absolute atomic E-state index is 0.000643. The zero-order valence-electron chi connectivity index (χ0n) is 13.7. The van der Waals surface area contributed by atoms with Crippen molar-refractivity contribution >= 4 is 17.3 Å². The molecule has 1 aromatic rings. The highest BCUT2D eigenvalue weighted by atomic mass is 16.3. The third-order valence-corrected chi connectivity index (χ3v) is 5.21. The second-order valence-electron chi connectivity index (χ2n) is 7.08. The van der Waals surface area contributed by atoms with Gasteiger partial charge in [-0.05, 0) is 24.7 Å². The van der Waals surface area contributed by atoms with Crippen LogP contribution in [0.3, 0.4) is 0 Å². The summed E-state index contributed by atoms with van der Waals surface area (Å²) in [6.07, 6.45) is 8.03. The average Bonchev–Trinajstić information content (AvgIpc) is 2.57. The summed E-state index contributed by atoms with van der Waals surface area (Å²) in [7, 11) is 0. The van der Waals surface area contributed by atoms with Gasteiger partial charge in [0.2, 0.25) is 11.6 Å². The molecule has 0 aromatic heterocycles. The van der Waals surface area contributed by atoms with Crippen LogP contribution in [-0.4, -0.2) is 16.7 Å². The number of carbonyl (C=O) groups is 2. The predicted molar refractivity (Wildman–Crippen MR) is 90.3 cm³/mol. The molecule has 122 valence electrons. The minimum atomic E-state index is -0.531. The van der Waals surface area contributed by atoms with Crippen molar-refractivity contribution in [3.63, 3.8) is 0 Å². The van der Waals surface area contributed by atoms with E-state index in [2.05, 4.69) is 6.92 Å². The number of Topliss-reactive ketones (excluding diaryl/α,β-unsaturated/α-hetero) is 2. The molecule has 1 saturated carbocycles. The number of benzene rings is 1. The summed E-state index contributed by atoms with van der Waals surface area (Å²) in [5.41, 5.74) is 1.12. The van der Waals surface area contributed by atoms with Crippen LogP contribution < -0.4 is 0 Å². The van der Waals surface area contributed by atoms with E-state index in [1.807, 2.05) is 0 Å². The summed E-state index contributed by atoms with van der Waals surface area (Å²) in [5, 5.41) is 10.5. The van der Waals surface area contributed by atoms with Gasteiger partial charge in [-0.2, -0.15) is 0 Å². The number of carbonyl (C=O) groups excluding carboxylic acids is 2. The molecule has 23 heavy (non-hydrogen) atoms. The first-order valence-electron chi connectivity index (χ1n) is 8.68. The van der Waals surface area contributed by atoms with E-state index in [1.165, 1.54) is 32.1 Å². The van der Waals surface area contributed by atoms with Gasteiger partial charge in [0.1, 0.15) is 5.76 Å². The average molecular weight is 312 g/mol. The lowest BCUT2D eigenvalue weighted by Crippen LogP contribution is -2.25. The standard InChI is InChI=1S/C20H24O3/c1-13(11-14-7-3-2-4-8-14)12-17-18(21)15-9-5-6-10-16(15)19(22)20(17)23/h5-6,9-10,13-14,21H,2-4,7-8,11-12H2,1H3/t13-/m1/s1. The van der Waals surface area contributed by atoms with E-state index in [-0.39, 0.29) is 5.76 Å². The molecule has 1 fully saturated rings. The van der Waals surface area contributed by atoms with Gasteiger partial charge in [-0.15, -0.1) is 0 Å². The van der Waals surface area contributed by atoms with E-state index >= 15 is 0 Å². The van der Waals surface area contributed by atoms with E-state index in [0.29, 0.717) is 29.0 Å². The molecular weight excluding hydrogens is 288 g/mol. The van der Waals surface area contributed by atoms with E-state index in [4.69, 9.17) is 0 Å². The number of ketones is 2. The predicted octanol–water partition coefficient (Wildman–Crippen LogP) is 4.72. The number of aliphatic hydroxyl groups excluding tert-OH is 1. The molecule has 1 aromatic carbocycles. The molecular formula is C20H24O3. The summed E-state index contributed by atoms with van der Waals surface area (Å²) >= 11 is 0. The van der Waals surface area contributed by atoms with Gasteiger partial charge in [-0.1, -0.05) is 63.3 Å². The second-order valence-corrected chi connectivity index (χ2v) is 7.08. The van der Waals surface area contributed by atoms with E-state index in [0.717, 1.165) is 12.3 Å².